The number of methoxy groups -OCH3 is 1. The summed E-state index contributed by atoms with van der Waals surface area (Å²) in [5.74, 6) is -0.862. The molecule has 0 saturated heterocycles. The Labute approximate surface area is 111 Å². The van der Waals surface area contributed by atoms with Crippen molar-refractivity contribution in [3.8, 4) is 0 Å². The molecule has 1 aromatic carbocycles. The maximum Gasteiger partial charge on any atom is 0.319 e. The van der Waals surface area contributed by atoms with Crippen molar-refractivity contribution >= 4 is 17.7 Å². The highest BCUT2D eigenvalue weighted by Gasteiger charge is 2.07. The molecule has 0 aliphatic rings. The second-order valence-corrected chi connectivity index (χ2v) is 3.92. The molecule has 2 amide bonds. The van der Waals surface area contributed by atoms with E-state index in [9.17, 15) is 9.59 Å². The molecule has 0 bridgehead atoms. The third-order valence-corrected chi connectivity index (χ3v) is 2.47. The van der Waals surface area contributed by atoms with Crippen molar-refractivity contribution in [2.75, 3.05) is 25.6 Å². The summed E-state index contributed by atoms with van der Waals surface area (Å²) < 4.78 is 4.82. The summed E-state index contributed by atoms with van der Waals surface area (Å²) in [6, 6.07) is 6.81. The van der Waals surface area contributed by atoms with Gasteiger partial charge in [-0.1, -0.05) is 18.2 Å². The van der Waals surface area contributed by atoms with Crippen LogP contribution in [0.3, 0.4) is 0 Å². The van der Waals surface area contributed by atoms with Crippen LogP contribution in [0.5, 0.6) is 0 Å². The van der Waals surface area contributed by atoms with Crippen LogP contribution < -0.4 is 10.6 Å². The Bertz CT molecular complexity index is 434. The average molecular weight is 266 g/mol. The summed E-state index contributed by atoms with van der Waals surface area (Å²) in [6.45, 7) is 0.855. The monoisotopic (exact) mass is 266 g/mol. The van der Waals surface area contributed by atoms with Gasteiger partial charge >= 0.3 is 12.0 Å². The first kappa shape index (κ1) is 15.0. The fraction of sp³-hybridized carbons (Fsp3) is 0.385. The van der Waals surface area contributed by atoms with E-state index < -0.39 is 5.97 Å². The average Bonchev–Trinajstić information content (AvgIpc) is 2.38. The normalized spacial score (nSPS) is 9.95. The van der Waals surface area contributed by atoms with Crippen LogP contribution in [0.2, 0.25) is 0 Å². The van der Waals surface area contributed by atoms with Crippen molar-refractivity contribution in [2.45, 2.75) is 12.8 Å². The Morgan fingerprint density at radius 2 is 2.05 bits per heavy atom. The Kier molecular flexibility index (Phi) is 6.38. The number of ether oxygens (including phenoxy) is 1. The van der Waals surface area contributed by atoms with Gasteiger partial charge in [0.2, 0.25) is 0 Å². The lowest BCUT2D eigenvalue weighted by atomic mass is 10.1. The van der Waals surface area contributed by atoms with Crippen LogP contribution in [0.1, 0.15) is 12.0 Å². The molecule has 0 unspecified atom stereocenters. The molecule has 0 aliphatic carbocycles. The standard InChI is InChI=1S/C13H18N2O4/c1-19-9-8-14-13(18)15-11-5-3-2-4-10(11)6-7-12(16)17/h2-5H,6-9H2,1H3,(H,16,17)(H2,14,15,18). The molecule has 0 heterocycles. The maximum absolute atomic E-state index is 11.6. The number of aliphatic carboxylic acids is 1. The number of carbonyl (C=O) groups excluding carboxylic acids is 1. The minimum absolute atomic E-state index is 0.0317. The van der Waals surface area contributed by atoms with Gasteiger partial charge in [-0.3, -0.25) is 4.79 Å². The summed E-state index contributed by atoms with van der Waals surface area (Å²) in [5, 5.41) is 14.0. The number of benzene rings is 1. The second-order valence-electron chi connectivity index (χ2n) is 3.92. The number of aryl methyl sites for hydroxylation is 1. The van der Waals surface area contributed by atoms with E-state index >= 15 is 0 Å². The van der Waals surface area contributed by atoms with Gasteiger partial charge in [-0.2, -0.15) is 0 Å². The van der Waals surface area contributed by atoms with Gasteiger partial charge in [0.1, 0.15) is 0 Å². The van der Waals surface area contributed by atoms with Gasteiger partial charge in [0.05, 0.1) is 6.61 Å². The summed E-state index contributed by atoms with van der Waals surface area (Å²) in [5.41, 5.74) is 1.42. The predicted molar refractivity (Wildman–Crippen MR) is 71.3 cm³/mol. The van der Waals surface area contributed by atoms with Gasteiger partial charge in [-0.15, -0.1) is 0 Å². The zero-order valence-corrected chi connectivity index (χ0v) is 10.8. The van der Waals surface area contributed by atoms with Crippen molar-refractivity contribution in [2.24, 2.45) is 0 Å². The number of rotatable bonds is 7. The third kappa shape index (κ3) is 5.87. The highest BCUT2D eigenvalue weighted by atomic mass is 16.5. The maximum atomic E-state index is 11.6. The van der Waals surface area contributed by atoms with Gasteiger partial charge in [-0.25, -0.2) is 4.79 Å². The smallest absolute Gasteiger partial charge is 0.319 e. The quantitative estimate of drug-likeness (QED) is 0.652. The van der Waals surface area contributed by atoms with E-state index in [1.807, 2.05) is 6.07 Å². The van der Waals surface area contributed by atoms with Crippen LogP contribution in [0, 0.1) is 0 Å². The molecule has 1 rings (SSSR count). The minimum atomic E-state index is -0.862. The summed E-state index contributed by atoms with van der Waals surface area (Å²) >= 11 is 0. The first-order chi connectivity index (χ1) is 9.13. The van der Waals surface area contributed by atoms with Gasteiger partial charge < -0.3 is 20.5 Å². The van der Waals surface area contributed by atoms with Gasteiger partial charge in [0.25, 0.3) is 0 Å². The first-order valence-corrected chi connectivity index (χ1v) is 5.97. The fourth-order valence-electron chi connectivity index (χ4n) is 1.53. The Balaban J connectivity index is 2.56. The number of carboxylic acid groups (broad SMARTS) is 1. The molecule has 0 fully saturated rings. The highest BCUT2D eigenvalue weighted by Crippen LogP contribution is 2.16. The molecule has 6 heteroatoms. The van der Waals surface area contributed by atoms with Gasteiger partial charge in [0, 0.05) is 25.8 Å². The van der Waals surface area contributed by atoms with Crippen molar-refractivity contribution < 1.29 is 19.4 Å². The van der Waals surface area contributed by atoms with Crippen LogP contribution in [-0.4, -0.2) is 37.4 Å². The molecule has 1 aromatic rings. The van der Waals surface area contributed by atoms with Crippen molar-refractivity contribution in [3.63, 3.8) is 0 Å². The predicted octanol–water partition coefficient (Wildman–Crippen LogP) is 1.47. The van der Waals surface area contributed by atoms with Crippen LogP contribution in [0.25, 0.3) is 0 Å². The van der Waals surface area contributed by atoms with Gasteiger partial charge in [0.15, 0.2) is 0 Å². The first-order valence-electron chi connectivity index (χ1n) is 5.97. The molecule has 19 heavy (non-hydrogen) atoms. The van der Waals surface area contributed by atoms with E-state index in [0.29, 0.717) is 25.3 Å². The Hall–Kier alpha value is -2.08. The number of hydrogen-bond acceptors (Lipinski definition) is 3. The SMILES string of the molecule is COCCNC(=O)Nc1ccccc1CCC(=O)O. The van der Waals surface area contributed by atoms with E-state index in [-0.39, 0.29) is 12.5 Å². The molecule has 0 radical (unpaired) electrons. The molecule has 104 valence electrons. The number of hydrogen-bond donors (Lipinski definition) is 3. The molecule has 0 saturated carbocycles. The minimum Gasteiger partial charge on any atom is -0.481 e. The molecule has 3 N–H and O–H groups in total. The fourth-order valence-corrected chi connectivity index (χ4v) is 1.53. The Morgan fingerprint density at radius 3 is 2.74 bits per heavy atom. The van der Waals surface area contributed by atoms with E-state index in [1.165, 1.54) is 0 Å². The number of urea groups is 1. The van der Waals surface area contributed by atoms with E-state index in [1.54, 1.807) is 25.3 Å². The number of anilines is 1. The molecule has 0 spiro atoms. The van der Waals surface area contributed by atoms with E-state index in [4.69, 9.17) is 9.84 Å². The Morgan fingerprint density at radius 1 is 1.32 bits per heavy atom. The second kappa shape index (κ2) is 8.10. The summed E-state index contributed by atoms with van der Waals surface area (Å²) in [6.07, 6.45) is 0.411. The van der Waals surface area contributed by atoms with Crippen LogP contribution in [0.15, 0.2) is 24.3 Å². The molecular weight excluding hydrogens is 248 g/mol. The number of para-hydroxylation sites is 1. The van der Waals surface area contributed by atoms with Crippen LogP contribution in [0.4, 0.5) is 10.5 Å². The molecule has 0 aliphatic heterocycles. The topological polar surface area (TPSA) is 87.7 Å². The molecule has 6 nitrogen and oxygen atoms in total. The number of nitrogens with one attached hydrogen (secondary N) is 2. The van der Waals surface area contributed by atoms with E-state index in [2.05, 4.69) is 10.6 Å². The van der Waals surface area contributed by atoms with Crippen LogP contribution in [-0.2, 0) is 16.0 Å². The highest BCUT2D eigenvalue weighted by molar-refractivity contribution is 5.90. The lowest BCUT2D eigenvalue weighted by Crippen LogP contribution is -2.31. The molecule has 0 aromatic heterocycles. The summed E-state index contributed by atoms with van der Waals surface area (Å²) in [4.78, 5) is 22.2. The van der Waals surface area contributed by atoms with Crippen molar-refractivity contribution in [1.82, 2.24) is 5.32 Å². The van der Waals surface area contributed by atoms with Crippen molar-refractivity contribution in [3.05, 3.63) is 29.8 Å². The zero-order valence-electron chi connectivity index (χ0n) is 10.8. The lowest BCUT2D eigenvalue weighted by Gasteiger charge is -2.11. The van der Waals surface area contributed by atoms with Crippen LogP contribution >= 0.6 is 0 Å². The zero-order chi connectivity index (χ0) is 14.1. The molecule has 0 atom stereocenters. The lowest BCUT2D eigenvalue weighted by molar-refractivity contribution is -0.136. The van der Waals surface area contributed by atoms with E-state index in [0.717, 1.165) is 5.56 Å². The summed E-state index contributed by atoms with van der Waals surface area (Å²) in [7, 11) is 1.56. The number of carboxylic acids is 1. The van der Waals surface area contributed by atoms with Crippen molar-refractivity contribution in [1.29, 1.82) is 0 Å². The largest absolute Gasteiger partial charge is 0.481 e. The number of amides is 2. The third-order valence-electron chi connectivity index (χ3n) is 2.47. The molecular formula is C13H18N2O4. The van der Waals surface area contributed by atoms with Gasteiger partial charge in [-0.05, 0) is 18.1 Å². The number of carbonyl (C=O) groups is 2.